The molecule has 0 saturated carbocycles. The van der Waals surface area contributed by atoms with Crippen LogP contribution in [-0.2, 0) is 12.8 Å². The normalized spacial score (nSPS) is 10.9. The van der Waals surface area contributed by atoms with E-state index in [2.05, 4.69) is 21.1 Å². The van der Waals surface area contributed by atoms with Gasteiger partial charge < -0.3 is 0 Å². The van der Waals surface area contributed by atoms with Crippen molar-refractivity contribution in [2.75, 3.05) is 0 Å². The zero-order chi connectivity index (χ0) is 15.5. The predicted molar refractivity (Wildman–Crippen MR) is 88.9 cm³/mol. The summed E-state index contributed by atoms with van der Waals surface area (Å²) in [5.41, 5.74) is 6.98. The Kier molecular flexibility index (Phi) is 6.37. The van der Waals surface area contributed by atoms with Crippen LogP contribution in [0.3, 0.4) is 0 Å². The van der Waals surface area contributed by atoms with Gasteiger partial charge in [-0.2, -0.15) is 10.2 Å². The van der Waals surface area contributed by atoms with Crippen LogP contribution < -0.4 is 10.9 Å². The fourth-order valence-electron chi connectivity index (χ4n) is 1.76. The maximum Gasteiger partial charge on any atom is 0.355 e. The van der Waals surface area contributed by atoms with Gasteiger partial charge in [0.25, 0.3) is 0 Å². The highest BCUT2D eigenvalue weighted by Gasteiger charge is 1.94. The fourth-order valence-corrected chi connectivity index (χ4v) is 1.76. The number of amides is 2. The van der Waals surface area contributed by atoms with Crippen LogP contribution in [0.5, 0.6) is 0 Å². The third kappa shape index (κ3) is 6.00. The highest BCUT2D eigenvalue weighted by Crippen LogP contribution is 1.97. The number of benzene rings is 2. The van der Waals surface area contributed by atoms with Crippen molar-refractivity contribution >= 4 is 18.5 Å². The summed E-state index contributed by atoms with van der Waals surface area (Å²) in [6.45, 7) is 0. The van der Waals surface area contributed by atoms with Gasteiger partial charge in [0.15, 0.2) is 0 Å². The first-order valence-electron chi connectivity index (χ1n) is 7.01. The highest BCUT2D eigenvalue weighted by atomic mass is 16.2. The van der Waals surface area contributed by atoms with E-state index in [9.17, 15) is 4.79 Å². The average Bonchev–Trinajstić information content (AvgIpc) is 2.57. The lowest BCUT2D eigenvalue weighted by atomic mass is 10.2. The van der Waals surface area contributed by atoms with Crippen LogP contribution in [0.1, 0.15) is 11.1 Å². The summed E-state index contributed by atoms with van der Waals surface area (Å²) in [6, 6.07) is 19.3. The molecule has 0 aliphatic carbocycles. The van der Waals surface area contributed by atoms with E-state index in [1.165, 1.54) is 0 Å². The van der Waals surface area contributed by atoms with Crippen molar-refractivity contribution in [2.45, 2.75) is 12.8 Å². The highest BCUT2D eigenvalue weighted by molar-refractivity contribution is 5.76. The summed E-state index contributed by atoms with van der Waals surface area (Å²) in [7, 11) is 0. The lowest BCUT2D eigenvalue weighted by molar-refractivity contribution is 0.242. The van der Waals surface area contributed by atoms with E-state index in [-0.39, 0.29) is 0 Å². The number of urea groups is 1. The van der Waals surface area contributed by atoms with Crippen molar-refractivity contribution in [2.24, 2.45) is 10.2 Å². The molecule has 22 heavy (non-hydrogen) atoms. The molecule has 2 amide bonds. The Hall–Kier alpha value is -2.95. The largest absolute Gasteiger partial charge is 0.355 e. The predicted octanol–water partition coefficient (Wildman–Crippen LogP) is 2.74. The van der Waals surface area contributed by atoms with Gasteiger partial charge in [0.2, 0.25) is 0 Å². The molecule has 5 heteroatoms. The standard InChI is InChI=1S/C17H18N4O/c22-17(20-18-13-11-15-7-3-1-4-8-15)21-19-14-12-16-9-5-2-6-10-16/h1-10,13-14H,11-12H2,(H2,20,21,22). The number of carbonyl (C=O) groups excluding carboxylic acids is 1. The van der Waals surface area contributed by atoms with Crippen LogP contribution in [0, 0.1) is 0 Å². The van der Waals surface area contributed by atoms with Crippen LogP contribution in [0.15, 0.2) is 70.9 Å². The van der Waals surface area contributed by atoms with E-state index in [1.54, 1.807) is 12.4 Å². The number of carbonyl (C=O) groups is 1. The van der Waals surface area contributed by atoms with E-state index in [4.69, 9.17) is 0 Å². The van der Waals surface area contributed by atoms with Crippen molar-refractivity contribution in [3.05, 3.63) is 71.8 Å². The molecule has 2 aromatic rings. The van der Waals surface area contributed by atoms with Gasteiger partial charge in [-0.25, -0.2) is 15.6 Å². The molecular weight excluding hydrogens is 276 g/mol. The van der Waals surface area contributed by atoms with Crippen LogP contribution in [0.25, 0.3) is 0 Å². The SMILES string of the molecule is O=C(NN=CCc1ccccc1)NN=CCc1ccccc1. The van der Waals surface area contributed by atoms with Gasteiger partial charge in [-0.3, -0.25) is 0 Å². The number of hydrazone groups is 2. The summed E-state index contributed by atoms with van der Waals surface area (Å²) in [5, 5.41) is 7.69. The fraction of sp³-hybridized carbons (Fsp3) is 0.118. The summed E-state index contributed by atoms with van der Waals surface area (Å²) in [4.78, 5) is 11.4. The number of hydrogen-bond acceptors (Lipinski definition) is 3. The molecule has 2 N–H and O–H groups in total. The minimum atomic E-state index is -0.464. The number of nitrogens with zero attached hydrogens (tertiary/aromatic N) is 2. The maximum absolute atomic E-state index is 11.4. The molecule has 0 spiro atoms. The molecule has 0 bridgehead atoms. The second-order valence-electron chi connectivity index (χ2n) is 4.56. The van der Waals surface area contributed by atoms with E-state index in [0.29, 0.717) is 12.8 Å². The van der Waals surface area contributed by atoms with E-state index in [1.807, 2.05) is 60.7 Å². The van der Waals surface area contributed by atoms with Gasteiger partial charge in [-0.05, 0) is 11.1 Å². The molecule has 112 valence electrons. The van der Waals surface area contributed by atoms with Crippen LogP contribution in [-0.4, -0.2) is 18.5 Å². The molecule has 0 aliphatic heterocycles. The minimum Gasteiger partial charge on any atom is -0.245 e. The van der Waals surface area contributed by atoms with Crippen LogP contribution >= 0.6 is 0 Å². The van der Waals surface area contributed by atoms with Crippen molar-refractivity contribution in [1.29, 1.82) is 0 Å². The molecule has 2 rings (SSSR count). The van der Waals surface area contributed by atoms with Gasteiger partial charge >= 0.3 is 6.03 Å². The van der Waals surface area contributed by atoms with Gasteiger partial charge in [0, 0.05) is 25.3 Å². The molecule has 0 radical (unpaired) electrons. The maximum atomic E-state index is 11.4. The summed E-state index contributed by atoms with van der Waals surface area (Å²) in [5.74, 6) is 0. The zero-order valence-corrected chi connectivity index (χ0v) is 12.1. The quantitative estimate of drug-likeness (QED) is 0.624. The number of rotatable bonds is 6. The topological polar surface area (TPSA) is 65.8 Å². The Labute approximate surface area is 129 Å². The van der Waals surface area contributed by atoms with Gasteiger partial charge in [-0.1, -0.05) is 60.7 Å². The Morgan fingerprint density at radius 2 is 1.18 bits per heavy atom. The summed E-state index contributed by atoms with van der Waals surface area (Å²) >= 11 is 0. The first kappa shape index (κ1) is 15.4. The molecule has 0 heterocycles. The Morgan fingerprint density at radius 3 is 1.59 bits per heavy atom. The third-order valence-corrected chi connectivity index (χ3v) is 2.85. The Bertz CT molecular complexity index is 568. The van der Waals surface area contributed by atoms with Crippen molar-refractivity contribution < 1.29 is 4.79 Å². The number of hydrogen-bond donors (Lipinski definition) is 2. The Balaban J connectivity index is 1.63. The van der Waals surface area contributed by atoms with E-state index < -0.39 is 6.03 Å². The van der Waals surface area contributed by atoms with Gasteiger partial charge in [0.1, 0.15) is 0 Å². The lowest BCUT2D eigenvalue weighted by Gasteiger charge is -1.98. The monoisotopic (exact) mass is 294 g/mol. The molecule has 0 atom stereocenters. The Morgan fingerprint density at radius 1 is 0.773 bits per heavy atom. The molecule has 0 unspecified atom stereocenters. The third-order valence-electron chi connectivity index (χ3n) is 2.85. The second kappa shape index (κ2) is 9.07. The van der Waals surface area contributed by atoms with Crippen molar-refractivity contribution in [3.63, 3.8) is 0 Å². The lowest BCUT2D eigenvalue weighted by Crippen LogP contribution is -2.28. The molecule has 0 saturated heterocycles. The zero-order valence-electron chi connectivity index (χ0n) is 12.1. The summed E-state index contributed by atoms with van der Waals surface area (Å²) < 4.78 is 0. The van der Waals surface area contributed by atoms with Gasteiger partial charge in [-0.15, -0.1) is 0 Å². The first-order valence-corrected chi connectivity index (χ1v) is 7.01. The molecule has 2 aromatic carbocycles. The van der Waals surface area contributed by atoms with Crippen molar-refractivity contribution in [1.82, 2.24) is 10.9 Å². The summed E-state index contributed by atoms with van der Waals surface area (Å²) in [6.07, 6.45) is 4.61. The molecule has 5 nitrogen and oxygen atoms in total. The smallest absolute Gasteiger partial charge is 0.245 e. The van der Waals surface area contributed by atoms with Crippen LogP contribution in [0.2, 0.25) is 0 Å². The molecule has 0 fully saturated rings. The van der Waals surface area contributed by atoms with E-state index >= 15 is 0 Å². The number of nitrogens with one attached hydrogen (secondary N) is 2. The molecule has 0 aromatic heterocycles. The minimum absolute atomic E-state index is 0.464. The molecule has 0 aliphatic rings. The van der Waals surface area contributed by atoms with Crippen molar-refractivity contribution in [3.8, 4) is 0 Å². The van der Waals surface area contributed by atoms with Crippen LogP contribution in [0.4, 0.5) is 4.79 Å². The van der Waals surface area contributed by atoms with Gasteiger partial charge in [0.05, 0.1) is 0 Å². The first-order chi connectivity index (χ1) is 10.8. The molecular formula is C17H18N4O. The average molecular weight is 294 g/mol. The second-order valence-corrected chi connectivity index (χ2v) is 4.56. The van der Waals surface area contributed by atoms with E-state index in [0.717, 1.165) is 11.1 Å².